The van der Waals surface area contributed by atoms with Gasteiger partial charge in [0.2, 0.25) is 0 Å². The van der Waals surface area contributed by atoms with Crippen LogP contribution in [0.4, 0.5) is 11.4 Å². The van der Waals surface area contributed by atoms with Crippen molar-refractivity contribution in [1.82, 2.24) is 4.98 Å². The molecule has 2 heterocycles. The second kappa shape index (κ2) is 5.83. The highest BCUT2D eigenvalue weighted by atomic mass is 16.3. The standard InChI is InChI=1S/C17H21N3O2/c1-4-15-16(18-11-22-15)17(21)20-12(2)9-10-19(3)13-7-5-6-8-14(13)20/h5-8,11-12H,4,9-10H2,1-3H3. The number of fused-ring (bicyclic) bond motifs is 1. The predicted octanol–water partition coefficient (Wildman–Crippen LogP) is 3.11. The van der Waals surface area contributed by atoms with Crippen molar-refractivity contribution < 1.29 is 9.21 Å². The van der Waals surface area contributed by atoms with Crippen LogP contribution in [0.15, 0.2) is 35.1 Å². The van der Waals surface area contributed by atoms with E-state index in [1.165, 1.54) is 6.39 Å². The molecule has 2 aromatic rings. The van der Waals surface area contributed by atoms with Crippen LogP contribution in [0.3, 0.4) is 0 Å². The van der Waals surface area contributed by atoms with Crippen LogP contribution in [0.2, 0.25) is 0 Å². The number of carbonyl (C=O) groups excluding carboxylic acids is 1. The molecular formula is C17H21N3O2. The molecule has 0 saturated carbocycles. The molecule has 22 heavy (non-hydrogen) atoms. The summed E-state index contributed by atoms with van der Waals surface area (Å²) in [4.78, 5) is 21.3. The van der Waals surface area contributed by atoms with Gasteiger partial charge < -0.3 is 14.2 Å². The van der Waals surface area contributed by atoms with Crippen molar-refractivity contribution in [2.45, 2.75) is 32.7 Å². The third-order valence-electron chi connectivity index (χ3n) is 4.26. The SMILES string of the molecule is CCc1ocnc1C(=O)N1c2ccccc2N(C)CCC1C. The van der Waals surface area contributed by atoms with Gasteiger partial charge in [-0.25, -0.2) is 4.98 Å². The number of para-hydroxylation sites is 2. The quantitative estimate of drug-likeness (QED) is 0.855. The van der Waals surface area contributed by atoms with Crippen LogP contribution < -0.4 is 9.80 Å². The van der Waals surface area contributed by atoms with E-state index >= 15 is 0 Å². The summed E-state index contributed by atoms with van der Waals surface area (Å²) in [6, 6.07) is 8.13. The van der Waals surface area contributed by atoms with Crippen molar-refractivity contribution in [1.29, 1.82) is 0 Å². The molecule has 0 N–H and O–H groups in total. The molecule has 0 radical (unpaired) electrons. The Labute approximate surface area is 130 Å². The minimum Gasteiger partial charge on any atom is -0.448 e. The summed E-state index contributed by atoms with van der Waals surface area (Å²) in [5.74, 6) is 0.563. The fourth-order valence-corrected chi connectivity index (χ4v) is 2.98. The smallest absolute Gasteiger partial charge is 0.280 e. The maximum atomic E-state index is 13.1. The molecule has 1 atom stereocenters. The number of hydrogen-bond acceptors (Lipinski definition) is 4. The van der Waals surface area contributed by atoms with E-state index in [2.05, 4.69) is 29.9 Å². The fourth-order valence-electron chi connectivity index (χ4n) is 2.98. The van der Waals surface area contributed by atoms with Gasteiger partial charge in [0.05, 0.1) is 11.4 Å². The second-order valence-electron chi connectivity index (χ2n) is 5.70. The number of nitrogens with zero attached hydrogens (tertiary/aromatic N) is 3. The van der Waals surface area contributed by atoms with Crippen LogP contribution in [0.5, 0.6) is 0 Å². The summed E-state index contributed by atoms with van der Waals surface area (Å²) in [7, 11) is 2.06. The zero-order valence-corrected chi connectivity index (χ0v) is 13.2. The van der Waals surface area contributed by atoms with Crippen LogP contribution in [-0.2, 0) is 6.42 Å². The molecule has 1 aromatic carbocycles. The van der Waals surface area contributed by atoms with Crippen molar-refractivity contribution >= 4 is 17.3 Å². The molecule has 0 bridgehead atoms. The molecule has 0 saturated heterocycles. The Morgan fingerprint density at radius 3 is 2.82 bits per heavy atom. The number of carbonyl (C=O) groups is 1. The van der Waals surface area contributed by atoms with E-state index in [9.17, 15) is 4.79 Å². The van der Waals surface area contributed by atoms with Gasteiger partial charge in [-0.1, -0.05) is 19.1 Å². The summed E-state index contributed by atoms with van der Waals surface area (Å²) >= 11 is 0. The number of rotatable bonds is 2. The van der Waals surface area contributed by atoms with E-state index < -0.39 is 0 Å². The highest BCUT2D eigenvalue weighted by molar-refractivity contribution is 6.07. The summed E-state index contributed by atoms with van der Waals surface area (Å²) in [6.07, 6.45) is 2.92. The van der Waals surface area contributed by atoms with E-state index in [0.717, 1.165) is 24.3 Å². The summed E-state index contributed by atoms with van der Waals surface area (Å²) < 4.78 is 5.33. The first-order valence-corrected chi connectivity index (χ1v) is 7.69. The topological polar surface area (TPSA) is 49.6 Å². The first kappa shape index (κ1) is 14.6. The minimum atomic E-state index is -0.0825. The molecule has 0 spiro atoms. The molecule has 1 aliphatic rings. The molecule has 0 aliphatic carbocycles. The van der Waals surface area contributed by atoms with E-state index in [0.29, 0.717) is 17.9 Å². The lowest BCUT2D eigenvalue weighted by molar-refractivity contribution is 0.0972. The number of anilines is 2. The third-order valence-corrected chi connectivity index (χ3v) is 4.26. The molecule has 1 unspecified atom stereocenters. The Morgan fingerprint density at radius 2 is 2.09 bits per heavy atom. The summed E-state index contributed by atoms with van der Waals surface area (Å²) in [5.41, 5.74) is 2.43. The molecule has 116 valence electrons. The fraction of sp³-hybridized carbons (Fsp3) is 0.412. The normalized spacial score (nSPS) is 18.0. The number of amides is 1. The maximum absolute atomic E-state index is 13.1. The van der Waals surface area contributed by atoms with Gasteiger partial charge in [0.1, 0.15) is 5.76 Å². The maximum Gasteiger partial charge on any atom is 0.280 e. The first-order chi connectivity index (χ1) is 10.6. The van der Waals surface area contributed by atoms with Gasteiger partial charge in [0.25, 0.3) is 5.91 Å². The van der Waals surface area contributed by atoms with E-state index in [4.69, 9.17) is 4.42 Å². The average Bonchev–Trinajstić information content (AvgIpc) is 2.97. The Morgan fingerprint density at radius 1 is 1.36 bits per heavy atom. The first-order valence-electron chi connectivity index (χ1n) is 7.69. The second-order valence-corrected chi connectivity index (χ2v) is 5.70. The Balaban J connectivity index is 2.08. The summed E-state index contributed by atoms with van der Waals surface area (Å²) in [5, 5.41) is 0. The van der Waals surface area contributed by atoms with Gasteiger partial charge in [-0.15, -0.1) is 0 Å². The number of aryl methyl sites for hydroxylation is 1. The van der Waals surface area contributed by atoms with Crippen molar-refractivity contribution in [2.75, 3.05) is 23.4 Å². The molecule has 1 amide bonds. The van der Waals surface area contributed by atoms with Crippen LogP contribution >= 0.6 is 0 Å². The van der Waals surface area contributed by atoms with Gasteiger partial charge in [-0.2, -0.15) is 0 Å². The number of hydrogen-bond donors (Lipinski definition) is 0. The highest BCUT2D eigenvalue weighted by Gasteiger charge is 2.31. The average molecular weight is 299 g/mol. The monoisotopic (exact) mass is 299 g/mol. The lowest BCUT2D eigenvalue weighted by Crippen LogP contribution is -2.39. The molecule has 5 nitrogen and oxygen atoms in total. The van der Waals surface area contributed by atoms with Crippen molar-refractivity contribution in [3.63, 3.8) is 0 Å². The molecule has 1 aromatic heterocycles. The number of oxazole rings is 1. The lowest BCUT2D eigenvalue weighted by atomic mass is 10.1. The summed E-state index contributed by atoms with van der Waals surface area (Å²) in [6.45, 7) is 4.96. The van der Waals surface area contributed by atoms with E-state index in [1.807, 2.05) is 30.0 Å². The van der Waals surface area contributed by atoms with Crippen LogP contribution in [0, 0.1) is 0 Å². The van der Waals surface area contributed by atoms with Crippen molar-refractivity contribution in [2.24, 2.45) is 0 Å². The van der Waals surface area contributed by atoms with Gasteiger partial charge in [-0.3, -0.25) is 4.79 Å². The Hall–Kier alpha value is -2.30. The zero-order chi connectivity index (χ0) is 15.7. The lowest BCUT2D eigenvalue weighted by Gasteiger charge is -2.28. The van der Waals surface area contributed by atoms with Crippen molar-refractivity contribution in [3.8, 4) is 0 Å². The van der Waals surface area contributed by atoms with Crippen LogP contribution in [0.1, 0.15) is 36.5 Å². The number of aromatic nitrogens is 1. The third kappa shape index (κ3) is 2.36. The predicted molar refractivity (Wildman–Crippen MR) is 86.5 cm³/mol. The van der Waals surface area contributed by atoms with Gasteiger partial charge in [-0.05, 0) is 25.5 Å². The van der Waals surface area contributed by atoms with Gasteiger partial charge in [0.15, 0.2) is 12.1 Å². The zero-order valence-electron chi connectivity index (χ0n) is 13.2. The largest absolute Gasteiger partial charge is 0.448 e. The molecule has 0 fully saturated rings. The molecule has 5 heteroatoms. The number of benzene rings is 1. The molecular weight excluding hydrogens is 278 g/mol. The van der Waals surface area contributed by atoms with Crippen LogP contribution in [-0.4, -0.2) is 30.5 Å². The van der Waals surface area contributed by atoms with Gasteiger partial charge >= 0.3 is 0 Å². The Kier molecular flexibility index (Phi) is 3.88. The van der Waals surface area contributed by atoms with E-state index in [-0.39, 0.29) is 11.9 Å². The molecule has 1 aliphatic heterocycles. The minimum absolute atomic E-state index is 0.0825. The molecule has 3 rings (SSSR count). The highest BCUT2D eigenvalue weighted by Crippen LogP contribution is 2.34. The van der Waals surface area contributed by atoms with E-state index in [1.54, 1.807) is 0 Å². The van der Waals surface area contributed by atoms with Gasteiger partial charge in [0, 0.05) is 26.1 Å². The Bertz CT molecular complexity index is 680. The van der Waals surface area contributed by atoms with Crippen molar-refractivity contribution in [3.05, 3.63) is 42.1 Å². The van der Waals surface area contributed by atoms with Crippen LogP contribution in [0.25, 0.3) is 0 Å².